The summed E-state index contributed by atoms with van der Waals surface area (Å²) >= 11 is 3.75. The number of thioether (sulfide) groups is 1. The Kier molecular flexibility index (Phi) is 7.38. The average molecular weight is 578 g/mol. The number of imidazole rings is 1. The van der Waals surface area contributed by atoms with E-state index in [1.54, 1.807) is 11.3 Å². The van der Waals surface area contributed by atoms with Gasteiger partial charge in [0, 0.05) is 43.5 Å². The first kappa shape index (κ1) is 26.2. The number of fused-ring (bicyclic) bond motifs is 2. The van der Waals surface area contributed by atoms with Crippen molar-refractivity contribution < 1.29 is 9.53 Å². The molecule has 9 nitrogen and oxygen atoms in total. The van der Waals surface area contributed by atoms with Gasteiger partial charge in [-0.05, 0) is 42.5 Å². The van der Waals surface area contributed by atoms with Crippen molar-refractivity contribution in [2.75, 3.05) is 62.3 Å². The molecule has 3 saturated heterocycles. The number of rotatable bonds is 6. The molecule has 1 amide bonds. The first-order valence-corrected chi connectivity index (χ1v) is 16.3. The number of anilines is 1. The number of amides is 1. The van der Waals surface area contributed by atoms with Gasteiger partial charge in [-0.3, -0.25) is 14.3 Å². The minimum Gasteiger partial charge on any atom is -0.378 e. The predicted molar refractivity (Wildman–Crippen MR) is 162 cm³/mol. The van der Waals surface area contributed by atoms with E-state index in [2.05, 4.69) is 33.4 Å². The van der Waals surface area contributed by atoms with Crippen LogP contribution in [0.3, 0.4) is 0 Å². The van der Waals surface area contributed by atoms with Gasteiger partial charge in [-0.1, -0.05) is 19.1 Å². The lowest BCUT2D eigenvalue weighted by atomic mass is 10.1. The number of morpholine rings is 1. The number of carbonyl (C=O) groups excluding carboxylic acids is 1. The third-order valence-corrected chi connectivity index (χ3v) is 10.4. The van der Waals surface area contributed by atoms with E-state index in [0.717, 1.165) is 70.4 Å². The average Bonchev–Trinajstić information content (AvgIpc) is 3.59. The Balaban J connectivity index is 1.22. The predicted octanol–water partition coefficient (Wildman–Crippen LogP) is 3.97. The van der Waals surface area contributed by atoms with E-state index in [1.807, 2.05) is 34.9 Å². The van der Waals surface area contributed by atoms with Crippen molar-refractivity contribution in [3.8, 4) is 5.95 Å². The minimum absolute atomic E-state index is 0.236. The number of carbonyl (C=O) groups is 1. The van der Waals surface area contributed by atoms with Crippen molar-refractivity contribution in [2.45, 2.75) is 38.8 Å². The maximum Gasteiger partial charge on any atom is 0.238 e. The van der Waals surface area contributed by atoms with Crippen molar-refractivity contribution in [3.63, 3.8) is 0 Å². The second-order valence-corrected chi connectivity index (χ2v) is 13.1. The quantitative estimate of drug-likeness (QED) is 0.341. The second kappa shape index (κ2) is 11.3. The number of aryl methyl sites for hydroxylation is 1. The molecule has 0 atom stereocenters. The van der Waals surface area contributed by atoms with Gasteiger partial charge in [0.15, 0.2) is 5.82 Å². The summed E-state index contributed by atoms with van der Waals surface area (Å²) in [6.07, 6.45) is 3.18. The van der Waals surface area contributed by atoms with Crippen LogP contribution in [-0.4, -0.2) is 98.7 Å². The van der Waals surface area contributed by atoms with Crippen LogP contribution in [0.25, 0.3) is 27.2 Å². The van der Waals surface area contributed by atoms with Gasteiger partial charge in [0.1, 0.15) is 5.82 Å². The fourth-order valence-electron chi connectivity index (χ4n) is 6.10. The maximum absolute atomic E-state index is 13.2. The molecule has 0 saturated carbocycles. The molecule has 0 bridgehead atoms. The Hall–Kier alpha value is -2.73. The van der Waals surface area contributed by atoms with Gasteiger partial charge in [-0.15, -0.1) is 11.3 Å². The zero-order chi connectivity index (χ0) is 27.1. The van der Waals surface area contributed by atoms with Crippen LogP contribution in [0.15, 0.2) is 30.3 Å². The van der Waals surface area contributed by atoms with Gasteiger partial charge >= 0.3 is 0 Å². The maximum atomic E-state index is 13.2. The Morgan fingerprint density at radius 2 is 1.82 bits per heavy atom. The zero-order valence-corrected chi connectivity index (χ0v) is 24.6. The summed E-state index contributed by atoms with van der Waals surface area (Å²) in [5.41, 5.74) is 2.89. The number of hydrogen-bond acceptors (Lipinski definition) is 9. The summed E-state index contributed by atoms with van der Waals surface area (Å²) in [5.74, 6) is 5.21. The third-order valence-electron chi connectivity index (χ3n) is 8.25. The summed E-state index contributed by atoms with van der Waals surface area (Å²) in [6.45, 7) is 7.99. The molecule has 3 aliphatic heterocycles. The van der Waals surface area contributed by atoms with Gasteiger partial charge in [0.25, 0.3) is 0 Å². The molecule has 4 aromatic rings. The highest BCUT2D eigenvalue weighted by Gasteiger charge is 2.30. The van der Waals surface area contributed by atoms with Crippen LogP contribution in [0.2, 0.25) is 0 Å². The lowest BCUT2D eigenvalue weighted by Gasteiger charge is -2.40. The Morgan fingerprint density at radius 3 is 2.62 bits per heavy atom. The SMILES string of the molecule is CCc1nc2ccccc2n1-c1nc(N2CCOCC2)c2sc(CN3CCN(C4CCSCC4)CC3=O)cc2n1. The fraction of sp³-hybridized carbons (Fsp3) is 0.517. The third kappa shape index (κ3) is 4.97. The van der Waals surface area contributed by atoms with Crippen LogP contribution < -0.4 is 4.90 Å². The largest absolute Gasteiger partial charge is 0.378 e. The Labute approximate surface area is 242 Å². The minimum atomic E-state index is 0.236. The highest BCUT2D eigenvalue weighted by molar-refractivity contribution is 7.99. The van der Waals surface area contributed by atoms with Crippen molar-refractivity contribution in [1.82, 2.24) is 29.3 Å². The molecule has 3 aliphatic rings. The molecule has 3 fully saturated rings. The molecule has 11 heteroatoms. The molecule has 6 heterocycles. The highest BCUT2D eigenvalue weighted by Crippen LogP contribution is 2.35. The van der Waals surface area contributed by atoms with Crippen molar-refractivity contribution >= 4 is 56.1 Å². The van der Waals surface area contributed by atoms with Crippen LogP contribution in [0.5, 0.6) is 0 Å². The fourth-order valence-corrected chi connectivity index (χ4v) is 8.31. The van der Waals surface area contributed by atoms with Crippen molar-refractivity contribution in [3.05, 3.63) is 41.0 Å². The molecule has 0 N–H and O–H groups in total. The van der Waals surface area contributed by atoms with Gasteiger partial charge in [0.2, 0.25) is 11.9 Å². The summed E-state index contributed by atoms with van der Waals surface area (Å²) in [6, 6.07) is 10.9. The molecule has 210 valence electrons. The molecule has 0 unspecified atom stereocenters. The van der Waals surface area contributed by atoms with E-state index >= 15 is 0 Å². The zero-order valence-electron chi connectivity index (χ0n) is 22.9. The lowest BCUT2D eigenvalue weighted by Crippen LogP contribution is -2.53. The van der Waals surface area contributed by atoms with E-state index in [1.165, 1.54) is 24.3 Å². The molecular formula is C29H35N7O2S2. The molecular weight excluding hydrogens is 543 g/mol. The van der Waals surface area contributed by atoms with Crippen LogP contribution in [-0.2, 0) is 22.5 Å². The summed E-state index contributed by atoms with van der Waals surface area (Å²) in [4.78, 5) is 36.2. The van der Waals surface area contributed by atoms with Crippen LogP contribution in [0, 0.1) is 0 Å². The van der Waals surface area contributed by atoms with Gasteiger partial charge < -0.3 is 14.5 Å². The van der Waals surface area contributed by atoms with Gasteiger partial charge in [-0.25, -0.2) is 9.97 Å². The van der Waals surface area contributed by atoms with Gasteiger partial charge in [-0.2, -0.15) is 16.7 Å². The summed E-state index contributed by atoms with van der Waals surface area (Å²) < 4.78 is 8.83. The standard InChI is InChI=1S/C29H35N7O2S2/c1-2-25-30-22-5-3-4-6-24(22)36(25)29-31-23-17-21(40-27(23)28(32-29)33-11-13-38-14-12-33)18-35-10-9-34(19-26(35)37)20-7-15-39-16-8-20/h3-6,17,20H,2,7-16,18-19H2,1H3. The first-order valence-electron chi connectivity index (χ1n) is 14.4. The van der Waals surface area contributed by atoms with Crippen LogP contribution >= 0.6 is 23.1 Å². The molecule has 3 aromatic heterocycles. The van der Waals surface area contributed by atoms with Crippen LogP contribution in [0.4, 0.5) is 5.82 Å². The van der Waals surface area contributed by atoms with E-state index < -0.39 is 0 Å². The van der Waals surface area contributed by atoms with Crippen LogP contribution in [0.1, 0.15) is 30.5 Å². The number of aromatic nitrogens is 4. The lowest BCUT2D eigenvalue weighted by molar-refractivity contribution is -0.137. The first-order chi connectivity index (χ1) is 19.7. The summed E-state index contributed by atoms with van der Waals surface area (Å²) in [7, 11) is 0. The van der Waals surface area contributed by atoms with Gasteiger partial charge in [0.05, 0.1) is 47.6 Å². The number of benzene rings is 1. The summed E-state index contributed by atoms with van der Waals surface area (Å²) in [5, 5.41) is 0. The Bertz CT molecular complexity index is 1520. The number of ether oxygens (including phenoxy) is 1. The molecule has 0 spiro atoms. The van der Waals surface area contributed by atoms with E-state index in [0.29, 0.717) is 38.3 Å². The van der Waals surface area contributed by atoms with E-state index in [9.17, 15) is 4.79 Å². The molecule has 7 rings (SSSR count). The molecule has 0 radical (unpaired) electrons. The highest BCUT2D eigenvalue weighted by atomic mass is 32.2. The number of thiophene rings is 1. The number of hydrogen-bond donors (Lipinski definition) is 0. The number of piperazine rings is 1. The normalized spacial score (nSPS) is 19.8. The second-order valence-electron chi connectivity index (χ2n) is 10.7. The molecule has 40 heavy (non-hydrogen) atoms. The smallest absolute Gasteiger partial charge is 0.238 e. The molecule has 0 aliphatic carbocycles. The monoisotopic (exact) mass is 577 g/mol. The number of para-hydroxylation sites is 2. The number of nitrogens with zero attached hydrogens (tertiary/aromatic N) is 7. The van der Waals surface area contributed by atoms with Crippen molar-refractivity contribution in [1.29, 1.82) is 0 Å². The van der Waals surface area contributed by atoms with E-state index in [4.69, 9.17) is 19.7 Å². The van der Waals surface area contributed by atoms with Crippen molar-refractivity contribution in [2.24, 2.45) is 0 Å². The van der Waals surface area contributed by atoms with E-state index in [-0.39, 0.29) is 5.91 Å². The Morgan fingerprint density at radius 1 is 1.00 bits per heavy atom. The molecule has 1 aromatic carbocycles. The topological polar surface area (TPSA) is 79.6 Å².